The summed E-state index contributed by atoms with van der Waals surface area (Å²) in [5.41, 5.74) is 9.25. The Labute approximate surface area is 285 Å². The molecular formula is C47H35NO. The normalized spacial score (nSPS) is 13.7. The number of benzene rings is 8. The van der Waals surface area contributed by atoms with Crippen molar-refractivity contribution in [2.24, 2.45) is 0 Å². The molecule has 234 valence electrons. The van der Waals surface area contributed by atoms with Crippen LogP contribution in [0.1, 0.15) is 37.2 Å². The van der Waals surface area contributed by atoms with Crippen LogP contribution in [0.25, 0.3) is 65.4 Å². The third kappa shape index (κ3) is 4.55. The van der Waals surface area contributed by atoms with Crippen molar-refractivity contribution in [1.29, 1.82) is 0 Å². The van der Waals surface area contributed by atoms with Crippen LogP contribution in [0.5, 0.6) is 0 Å². The van der Waals surface area contributed by atoms with Gasteiger partial charge < -0.3 is 9.32 Å². The Morgan fingerprint density at radius 3 is 1.86 bits per heavy atom. The number of hydrogen-bond acceptors (Lipinski definition) is 2. The molecule has 0 amide bonds. The fourth-order valence-corrected chi connectivity index (χ4v) is 8.48. The van der Waals surface area contributed by atoms with Gasteiger partial charge in [0.25, 0.3) is 0 Å². The van der Waals surface area contributed by atoms with E-state index in [9.17, 15) is 0 Å². The minimum absolute atomic E-state index is 0.575. The predicted octanol–water partition coefficient (Wildman–Crippen LogP) is 13.8. The molecule has 8 aromatic carbocycles. The minimum Gasteiger partial charge on any atom is -0.455 e. The average Bonchev–Trinajstić information content (AvgIpc) is 3.85. The molecule has 9 aromatic rings. The van der Waals surface area contributed by atoms with Crippen molar-refractivity contribution >= 4 is 71.3 Å². The quantitative estimate of drug-likeness (QED) is 0.176. The zero-order valence-corrected chi connectivity index (χ0v) is 27.3. The molecule has 0 atom stereocenters. The summed E-state index contributed by atoms with van der Waals surface area (Å²) >= 11 is 0. The highest BCUT2D eigenvalue weighted by Crippen LogP contribution is 2.49. The van der Waals surface area contributed by atoms with Gasteiger partial charge in [-0.15, -0.1) is 0 Å². The van der Waals surface area contributed by atoms with Crippen LogP contribution in [0.15, 0.2) is 162 Å². The van der Waals surface area contributed by atoms with Crippen LogP contribution in [0.2, 0.25) is 0 Å². The number of furan rings is 1. The van der Waals surface area contributed by atoms with Crippen molar-refractivity contribution in [2.75, 3.05) is 4.90 Å². The van der Waals surface area contributed by atoms with E-state index in [1.165, 1.54) is 80.1 Å². The molecule has 10 rings (SSSR count). The second-order valence-electron chi connectivity index (χ2n) is 13.5. The van der Waals surface area contributed by atoms with Gasteiger partial charge in [-0.1, -0.05) is 140 Å². The van der Waals surface area contributed by atoms with Gasteiger partial charge in [-0.25, -0.2) is 0 Å². The number of nitrogens with zero attached hydrogens (tertiary/aromatic N) is 1. The first-order valence-corrected chi connectivity index (χ1v) is 17.5. The first-order valence-electron chi connectivity index (χ1n) is 17.5. The van der Waals surface area contributed by atoms with Gasteiger partial charge in [-0.3, -0.25) is 0 Å². The molecule has 0 N–H and O–H groups in total. The third-order valence-electron chi connectivity index (χ3n) is 10.8. The lowest BCUT2D eigenvalue weighted by atomic mass is 9.92. The standard InChI is InChI=1S/C47H35NO/c1-2-13-31(14-3-1)32-25-27-35(28-26-32)48(43-29-34-17-6-7-18-36(34)38-19-8-9-20-39(38)43)44-30-42-46-37(33-15-4-5-16-33)23-12-24-45(46)49-47(42)41-22-11-10-21-40(41)44/h1-3,6-14,17-30,33H,4-5,15-16H2. The van der Waals surface area contributed by atoms with Crippen molar-refractivity contribution in [3.63, 3.8) is 0 Å². The predicted molar refractivity (Wildman–Crippen MR) is 208 cm³/mol. The highest BCUT2D eigenvalue weighted by atomic mass is 16.3. The number of anilines is 3. The number of hydrogen-bond donors (Lipinski definition) is 0. The van der Waals surface area contributed by atoms with Gasteiger partial charge in [0, 0.05) is 32.6 Å². The van der Waals surface area contributed by atoms with E-state index in [0.717, 1.165) is 33.6 Å². The summed E-state index contributed by atoms with van der Waals surface area (Å²) in [4.78, 5) is 2.49. The fourth-order valence-electron chi connectivity index (χ4n) is 8.48. The molecule has 0 unspecified atom stereocenters. The Balaban J connectivity index is 1.30. The van der Waals surface area contributed by atoms with Crippen LogP contribution >= 0.6 is 0 Å². The first-order chi connectivity index (χ1) is 24.3. The van der Waals surface area contributed by atoms with Gasteiger partial charge in [0.1, 0.15) is 11.2 Å². The Bertz CT molecular complexity index is 2660. The molecule has 49 heavy (non-hydrogen) atoms. The lowest BCUT2D eigenvalue weighted by molar-refractivity contribution is 0.670. The largest absolute Gasteiger partial charge is 0.455 e. The van der Waals surface area contributed by atoms with Gasteiger partial charge in [-0.05, 0) is 81.9 Å². The molecule has 2 nitrogen and oxygen atoms in total. The Kier molecular flexibility index (Phi) is 6.55. The summed E-state index contributed by atoms with van der Waals surface area (Å²) in [5.74, 6) is 0.575. The maximum Gasteiger partial charge on any atom is 0.143 e. The molecular weight excluding hydrogens is 595 g/mol. The SMILES string of the molecule is c1ccc(-c2ccc(N(c3cc4ccccc4c4ccccc34)c3cc4c(oc5cccc(C6CCCC6)c54)c4ccccc34)cc2)cc1. The lowest BCUT2D eigenvalue weighted by Gasteiger charge is -2.29. The van der Waals surface area contributed by atoms with Crippen molar-refractivity contribution in [1.82, 2.24) is 0 Å². The highest BCUT2D eigenvalue weighted by molar-refractivity contribution is 6.22. The van der Waals surface area contributed by atoms with Crippen molar-refractivity contribution in [3.05, 3.63) is 163 Å². The van der Waals surface area contributed by atoms with Gasteiger partial charge >= 0.3 is 0 Å². The summed E-state index contributed by atoms with van der Waals surface area (Å²) in [6, 6.07) is 57.6. The molecule has 1 fully saturated rings. The summed E-state index contributed by atoms with van der Waals surface area (Å²) in [6.45, 7) is 0. The third-order valence-corrected chi connectivity index (χ3v) is 10.8. The summed E-state index contributed by atoms with van der Waals surface area (Å²) in [7, 11) is 0. The Morgan fingerprint density at radius 2 is 1.08 bits per heavy atom. The molecule has 0 saturated heterocycles. The smallest absolute Gasteiger partial charge is 0.143 e. The maximum absolute atomic E-state index is 6.79. The van der Waals surface area contributed by atoms with Crippen LogP contribution in [0.3, 0.4) is 0 Å². The maximum atomic E-state index is 6.79. The summed E-state index contributed by atoms with van der Waals surface area (Å²) < 4.78 is 6.79. The average molecular weight is 630 g/mol. The zero-order valence-electron chi connectivity index (χ0n) is 27.3. The van der Waals surface area contributed by atoms with Gasteiger partial charge in [0.15, 0.2) is 0 Å². The van der Waals surface area contributed by atoms with Crippen molar-refractivity contribution < 1.29 is 4.42 Å². The Hall–Kier alpha value is -5.86. The number of rotatable bonds is 5. The summed E-state index contributed by atoms with van der Waals surface area (Å²) in [5, 5.41) is 9.75. The zero-order chi connectivity index (χ0) is 32.3. The van der Waals surface area contributed by atoms with E-state index in [1.807, 2.05) is 0 Å². The van der Waals surface area contributed by atoms with Crippen LogP contribution < -0.4 is 4.90 Å². The van der Waals surface area contributed by atoms with Gasteiger partial charge in [0.05, 0.1) is 11.4 Å². The van der Waals surface area contributed by atoms with Gasteiger partial charge in [-0.2, -0.15) is 0 Å². The molecule has 2 heteroatoms. The van der Waals surface area contributed by atoms with E-state index in [0.29, 0.717) is 5.92 Å². The highest BCUT2D eigenvalue weighted by Gasteiger charge is 2.25. The van der Waals surface area contributed by atoms with Gasteiger partial charge in [0.2, 0.25) is 0 Å². The molecule has 0 spiro atoms. The lowest BCUT2D eigenvalue weighted by Crippen LogP contribution is -2.11. The topological polar surface area (TPSA) is 16.4 Å². The first kappa shape index (κ1) is 28.2. The van der Waals surface area contributed by atoms with E-state index < -0.39 is 0 Å². The monoisotopic (exact) mass is 629 g/mol. The molecule has 1 aliphatic rings. The van der Waals surface area contributed by atoms with Crippen molar-refractivity contribution in [3.8, 4) is 11.1 Å². The van der Waals surface area contributed by atoms with Crippen LogP contribution in [-0.2, 0) is 0 Å². The second kappa shape index (κ2) is 11.4. The van der Waals surface area contributed by atoms with E-state index in [-0.39, 0.29) is 0 Å². The molecule has 0 radical (unpaired) electrons. The van der Waals surface area contributed by atoms with Crippen molar-refractivity contribution in [2.45, 2.75) is 31.6 Å². The number of fused-ring (bicyclic) bond motifs is 8. The van der Waals surface area contributed by atoms with Crippen LogP contribution in [0.4, 0.5) is 17.1 Å². The molecule has 0 aliphatic heterocycles. The van der Waals surface area contributed by atoms with E-state index >= 15 is 0 Å². The van der Waals surface area contributed by atoms with Crippen LogP contribution in [0, 0.1) is 0 Å². The fraction of sp³-hybridized carbons (Fsp3) is 0.106. The minimum atomic E-state index is 0.575. The molecule has 1 aliphatic carbocycles. The van der Waals surface area contributed by atoms with Crippen LogP contribution in [-0.4, -0.2) is 0 Å². The molecule has 1 aromatic heterocycles. The van der Waals surface area contributed by atoms with E-state index in [1.54, 1.807) is 0 Å². The molecule has 1 heterocycles. The Morgan fingerprint density at radius 1 is 0.469 bits per heavy atom. The summed E-state index contributed by atoms with van der Waals surface area (Å²) in [6.07, 6.45) is 5.09. The second-order valence-corrected chi connectivity index (χ2v) is 13.5. The van der Waals surface area contributed by atoms with E-state index in [2.05, 4.69) is 163 Å². The molecule has 0 bridgehead atoms. The molecule has 1 saturated carbocycles. The van der Waals surface area contributed by atoms with E-state index in [4.69, 9.17) is 4.42 Å².